The molecule has 0 saturated heterocycles. The molecule has 0 aliphatic rings. The Balaban J connectivity index is 1.53. The summed E-state index contributed by atoms with van der Waals surface area (Å²) in [5.41, 5.74) is 5.32. The van der Waals surface area contributed by atoms with Crippen LogP contribution in [0.1, 0.15) is 38.5 Å². The highest BCUT2D eigenvalue weighted by Gasteiger charge is 2.35. The fraction of sp³-hybridized carbons (Fsp3) is 0.192. The van der Waals surface area contributed by atoms with E-state index in [0.29, 0.717) is 39.9 Å². The topological polar surface area (TPSA) is 130 Å². The molecule has 10 nitrogen and oxygen atoms in total. The Kier molecular flexibility index (Phi) is 7.88. The number of ether oxygens (including phenoxy) is 1. The lowest BCUT2D eigenvalue weighted by Gasteiger charge is -2.12. The average Bonchev–Trinajstić information content (AvgIpc) is 3.64. The molecule has 4 aromatic heterocycles. The first-order chi connectivity index (χ1) is 19.9. The van der Waals surface area contributed by atoms with E-state index >= 15 is 0 Å². The Morgan fingerprint density at radius 3 is 2.57 bits per heavy atom. The molecule has 0 radical (unpaired) electrons. The number of carbonyl (C=O) groups is 2. The first kappa shape index (κ1) is 29.4. The normalized spacial score (nSPS) is 11.7. The number of aromatic nitrogens is 5. The minimum absolute atomic E-state index is 0.0630. The van der Waals surface area contributed by atoms with E-state index in [9.17, 15) is 22.8 Å². The maximum Gasteiger partial charge on any atom is 0.433 e. The molecule has 0 unspecified atom stereocenters. The number of aryl methyl sites for hydroxylation is 1. The van der Waals surface area contributed by atoms with Crippen LogP contribution in [-0.2, 0) is 19.5 Å². The second kappa shape index (κ2) is 11.3. The van der Waals surface area contributed by atoms with E-state index in [2.05, 4.69) is 20.5 Å². The van der Waals surface area contributed by atoms with Crippen LogP contribution < -0.4 is 15.8 Å². The molecule has 218 valence electrons. The van der Waals surface area contributed by atoms with Gasteiger partial charge in [-0.3, -0.25) is 14.3 Å². The molecule has 0 atom stereocenters. The van der Waals surface area contributed by atoms with Crippen LogP contribution in [0.3, 0.4) is 0 Å². The van der Waals surface area contributed by atoms with E-state index in [4.69, 9.17) is 33.7 Å². The molecule has 3 N–H and O–H groups in total. The van der Waals surface area contributed by atoms with Crippen molar-refractivity contribution in [3.8, 4) is 16.9 Å². The number of halogens is 5. The maximum absolute atomic E-state index is 13.8. The van der Waals surface area contributed by atoms with Crippen molar-refractivity contribution < 1.29 is 27.5 Å². The molecule has 1 aromatic carbocycles. The van der Waals surface area contributed by atoms with E-state index in [1.54, 1.807) is 23.7 Å². The lowest BCUT2D eigenvalue weighted by Crippen LogP contribution is -2.18. The van der Waals surface area contributed by atoms with Gasteiger partial charge < -0.3 is 15.8 Å². The SMILES string of the molecule is CCn1ncc(-c2cc(C(F)(F)F)nc3sc(C(N)=O)c(NC(=O)c4ccn(COc5ccc(Cl)cc5Cl)n4)c23)c1C. The quantitative estimate of drug-likeness (QED) is 0.202. The molecule has 5 rings (SSSR count). The lowest BCUT2D eigenvalue weighted by molar-refractivity contribution is -0.140. The van der Waals surface area contributed by atoms with Crippen LogP contribution in [-0.4, -0.2) is 36.4 Å². The molecule has 0 bridgehead atoms. The number of pyridine rings is 1. The number of alkyl halides is 3. The number of anilines is 1. The number of hydrogen-bond donors (Lipinski definition) is 2. The van der Waals surface area contributed by atoms with Gasteiger partial charge in [-0.25, -0.2) is 9.67 Å². The number of hydrogen-bond acceptors (Lipinski definition) is 7. The van der Waals surface area contributed by atoms with Crippen LogP contribution in [0.15, 0.2) is 42.7 Å². The molecule has 42 heavy (non-hydrogen) atoms. The summed E-state index contributed by atoms with van der Waals surface area (Å²) in [6.07, 6.45) is -1.87. The Hall–Kier alpha value is -4.14. The van der Waals surface area contributed by atoms with E-state index in [0.717, 1.165) is 6.07 Å². The van der Waals surface area contributed by atoms with Crippen molar-refractivity contribution in [1.82, 2.24) is 24.5 Å². The molecular formula is C26H20Cl2F3N7O3S. The molecule has 0 spiro atoms. The summed E-state index contributed by atoms with van der Waals surface area (Å²) in [5.74, 6) is -1.35. The second-order valence-corrected chi connectivity index (χ2v) is 10.7. The number of fused-ring (bicyclic) bond motifs is 1. The molecule has 0 aliphatic heterocycles. The third kappa shape index (κ3) is 5.65. The summed E-state index contributed by atoms with van der Waals surface area (Å²) in [5, 5.41) is 11.9. The van der Waals surface area contributed by atoms with Crippen molar-refractivity contribution in [1.29, 1.82) is 0 Å². The average molecular weight is 638 g/mol. The van der Waals surface area contributed by atoms with Gasteiger partial charge in [0, 0.05) is 34.4 Å². The Morgan fingerprint density at radius 1 is 1.17 bits per heavy atom. The van der Waals surface area contributed by atoms with Gasteiger partial charge in [0.15, 0.2) is 12.4 Å². The number of nitrogens with zero attached hydrogens (tertiary/aromatic N) is 5. The van der Waals surface area contributed by atoms with Crippen molar-refractivity contribution in [2.45, 2.75) is 33.3 Å². The van der Waals surface area contributed by atoms with Gasteiger partial charge in [-0.2, -0.15) is 23.4 Å². The summed E-state index contributed by atoms with van der Waals surface area (Å²) >= 11 is 12.7. The smallest absolute Gasteiger partial charge is 0.433 e. The molecular weight excluding hydrogens is 618 g/mol. The summed E-state index contributed by atoms with van der Waals surface area (Å²) in [7, 11) is 0. The number of nitrogens with two attached hydrogens (primary N) is 1. The van der Waals surface area contributed by atoms with Crippen LogP contribution in [0, 0.1) is 6.92 Å². The molecule has 4 heterocycles. The molecule has 5 aromatic rings. The van der Waals surface area contributed by atoms with Gasteiger partial charge in [0.25, 0.3) is 11.8 Å². The Bertz CT molecular complexity index is 1850. The Morgan fingerprint density at radius 2 is 1.93 bits per heavy atom. The summed E-state index contributed by atoms with van der Waals surface area (Å²) < 4.78 is 50.0. The fourth-order valence-corrected chi connectivity index (χ4v) is 5.71. The number of benzene rings is 1. The van der Waals surface area contributed by atoms with Gasteiger partial charge in [0.1, 0.15) is 21.2 Å². The summed E-state index contributed by atoms with van der Waals surface area (Å²) in [6, 6.07) is 6.96. The predicted molar refractivity (Wildman–Crippen MR) is 152 cm³/mol. The number of primary amides is 1. The minimum Gasteiger partial charge on any atom is -0.470 e. The van der Waals surface area contributed by atoms with Crippen molar-refractivity contribution in [3.05, 3.63) is 74.7 Å². The van der Waals surface area contributed by atoms with Crippen molar-refractivity contribution in [3.63, 3.8) is 0 Å². The largest absolute Gasteiger partial charge is 0.470 e. The van der Waals surface area contributed by atoms with Crippen molar-refractivity contribution >= 4 is 62.3 Å². The van der Waals surface area contributed by atoms with E-state index in [1.165, 1.54) is 29.2 Å². The zero-order valence-electron chi connectivity index (χ0n) is 21.8. The van der Waals surface area contributed by atoms with Gasteiger partial charge >= 0.3 is 6.18 Å². The van der Waals surface area contributed by atoms with Gasteiger partial charge in [0.2, 0.25) is 0 Å². The highest BCUT2D eigenvalue weighted by atomic mass is 35.5. The number of carbonyl (C=O) groups excluding carboxylic acids is 2. The fourth-order valence-electron chi connectivity index (χ4n) is 4.24. The van der Waals surface area contributed by atoms with Crippen molar-refractivity contribution in [2.75, 3.05) is 5.32 Å². The van der Waals surface area contributed by atoms with Crippen LogP contribution in [0.25, 0.3) is 21.3 Å². The second-order valence-electron chi connectivity index (χ2n) is 8.91. The summed E-state index contributed by atoms with van der Waals surface area (Å²) in [6.45, 7) is 3.92. The van der Waals surface area contributed by atoms with E-state index in [-0.39, 0.29) is 43.8 Å². The molecule has 0 saturated carbocycles. The van der Waals surface area contributed by atoms with Gasteiger partial charge in [-0.05, 0) is 49.7 Å². The van der Waals surface area contributed by atoms with E-state index in [1.807, 2.05) is 6.92 Å². The van der Waals surface area contributed by atoms with Crippen LogP contribution >= 0.6 is 34.5 Å². The van der Waals surface area contributed by atoms with Crippen molar-refractivity contribution in [2.24, 2.45) is 5.73 Å². The highest BCUT2D eigenvalue weighted by Crippen LogP contribution is 2.44. The number of nitrogens with one attached hydrogen (secondary N) is 1. The number of amides is 2. The summed E-state index contributed by atoms with van der Waals surface area (Å²) in [4.78, 5) is 29.1. The molecule has 2 amide bonds. The third-order valence-corrected chi connectivity index (χ3v) is 7.86. The van der Waals surface area contributed by atoms with Gasteiger partial charge in [0.05, 0.1) is 16.9 Å². The first-order valence-electron chi connectivity index (χ1n) is 12.2. The minimum atomic E-state index is -4.77. The van der Waals surface area contributed by atoms with Gasteiger partial charge in [-0.15, -0.1) is 11.3 Å². The highest BCUT2D eigenvalue weighted by molar-refractivity contribution is 7.21. The number of thiophene rings is 1. The standard InChI is InChI=1S/C26H20Cl2F3N7O3S/c1-3-38-12(2)15(10-33-38)14-9-19(26(29,30)31)34-25-20(14)21(22(42-25)23(32)39)35-24(40)17-6-7-37(36-17)11-41-18-5-4-13(27)8-16(18)28/h4-10H,3,11H2,1-2H3,(H2,32,39)(H,35,40). The predicted octanol–water partition coefficient (Wildman–Crippen LogP) is 6.40. The van der Waals surface area contributed by atoms with Gasteiger partial charge in [-0.1, -0.05) is 23.2 Å². The first-order valence-corrected chi connectivity index (χ1v) is 13.7. The molecule has 0 fully saturated rings. The maximum atomic E-state index is 13.8. The monoisotopic (exact) mass is 637 g/mol. The zero-order chi connectivity index (χ0) is 30.3. The lowest BCUT2D eigenvalue weighted by atomic mass is 10.0. The molecule has 16 heteroatoms. The van der Waals surface area contributed by atoms with Crippen LogP contribution in [0.5, 0.6) is 5.75 Å². The van der Waals surface area contributed by atoms with Crippen LogP contribution in [0.4, 0.5) is 18.9 Å². The van der Waals surface area contributed by atoms with Crippen LogP contribution in [0.2, 0.25) is 10.0 Å². The Labute approximate surface area is 249 Å². The van der Waals surface area contributed by atoms with E-state index < -0.39 is 23.7 Å². The molecule has 0 aliphatic carbocycles. The zero-order valence-corrected chi connectivity index (χ0v) is 24.1. The third-order valence-electron chi connectivity index (χ3n) is 6.23. The number of rotatable bonds is 8.